The molecule has 0 saturated heterocycles. The molecule has 0 unspecified atom stereocenters. The monoisotopic (exact) mass is 405 g/mol. The van der Waals surface area contributed by atoms with Crippen LogP contribution in [-0.4, -0.2) is 29.1 Å². The first-order chi connectivity index (χ1) is 14.3. The average Bonchev–Trinajstić information content (AvgIpc) is 3.19. The minimum atomic E-state index is -0.291. The number of rotatable bonds is 7. The molecule has 0 aliphatic heterocycles. The van der Waals surface area contributed by atoms with Crippen molar-refractivity contribution < 1.29 is 14.3 Å². The number of nitrogens with one attached hydrogen (secondary N) is 1. The third-order valence-electron chi connectivity index (χ3n) is 4.22. The number of hydrogen-bond donors (Lipinski definition) is 1. The molecule has 2 heterocycles. The SMILES string of the molecule is CCOc1ccccc1NC(=O)COc1ncnc2scc(-c3ccccc3)c12. The van der Waals surface area contributed by atoms with Gasteiger partial charge < -0.3 is 14.8 Å². The Kier molecular flexibility index (Phi) is 5.67. The molecule has 1 amide bonds. The summed E-state index contributed by atoms with van der Waals surface area (Å²) in [5, 5.41) is 5.66. The third-order valence-corrected chi connectivity index (χ3v) is 5.11. The predicted octanol–water partition coefficient (Wildman–Crippen LogP) is 4.77. The van der Waals surface area contributed by atoms with E-state index in [1.165, 1.54) is 17.7 Å². The number of para-hydroxylation sites is 2. The highest BCUT2D eigenvalue weighted by Gasteiger charge is 2.15. The van der Waals surface area contributed by atoms with Crippen LogP contribution in [0.15, 0.2) is 66.3 Å². The zero-order valence-corrected chi connectivity index (χ0v) is 16.6. The molecule has 0 radical (unpaired) electrons. The molecule has 4 rings (SSSR count). The van der Waals surface area contributed by atoms with Gasteiger partial charge >= 0.3 is 0 Å². The Morgan fingerprint density at radius 2 is 1.83 bits per heavy atom. The maximum absolute atomic E-state index is 12.4. The molecule has 0 aliphatic carbocycles. The van der Waals surface area contributed by atoms with Crippen molar-refractivity contribution in [3.8, 4) is 22.8 Å². The number of aromatic nitrogens is 2. The molecule has 0 bridgehead atoms. The maximum atomic E-state index is 12.4. The Morgan fingerprint density at radius 1 is 1.03 bits per heavy atom. The summed E-state index contributed by atoms with van der Waals surface area (Å²) in [5.74, 6) is 0.723. The van der Waals surface area contributed by atoms with Crippen molar-refractivity contribution in [2.75, 3.05) is 18.5 Å². The van der Waals surface area contributed by atoms with E-state index in [-0.39, 0.29) is 12.5 Å². The van der Waals surface area contributed by atoms with Gasteiger partial charge in [0.05, 0.1) is 17.7 Å². The molecule has 1 N–H and O–H groups in total. The van der Waals surface area contributed by atoms with E-state index in [1.807, 2.05) is 60.8 Å². The van der Waals surface area contributed by atoms with Gasteiger partial charge in [-0.25, -0.2) is 9.97 Å². The van der Waals surface area contributed by atoms with Crippen molar-refractivity contribution in [3.63, 3.8) is 0 Å². The first kappa shape index (κ1) is 18.9. The van der Waals surface area contributed by atoms with Crippen LogP contribution in [0.4, 0.5) is 5.69 Å². The van der Waals surface area contributed by atoms with Gasteiger partial charge in [-0.2, -0.15) is 0 Å². The van der Waals surface area contributed by atoms with Crippen molar-refractivity contribution in [3.05, 3.63) is 66.3 Å². The first-order valence-corrected chi connectivity index (χ1v) is 10.1. The highest BCUT2D eigenvalue weighted by Crippen LogP contribution is 2.37. The van der Waals surface area contributed by atoms with Gasteiger partial charge in [0.25, 0.3) is 5.91 Å². The second kappa shape index (κ2) is 8.70. The fourth-order valence-electron chi connectivity index (χ4n) is 2.96. The lowest BCUT2D eigenvalue weighted by Gasteiger charge is -2.12. The lowest BCUT2D eigenvalue weighted by Crippen LogP contribution is -2.21. The molecule has 0 spiro atoms. The first-order valence-electron chi connectivity index (χ1n) is 9.18. The van der Waals surface area contributed by atoms with Gasteiger partial charge in [-0.1, -0.05) is 42.5 Å². The Bertz CT molecular complexity index is 1130. The molecule has 0 saturated carbocycles. The smallest absolute Gasteiger partial charge is 0.262 e. The number of benzene rings is 2. The lowest BCUT2D eigenvalue weighted by molar-refractivity contribution is -0.118. The molecule has 0 aliphatic rings. The summed E-state index contributed by atoms with van der Waals surface area (Å²) >= 11 is 1.52. The minimum Gasteiger partial charge on any atom is -0.492 e. The van der Waals surface area contributed by atoms with Crippen LogP contribution in [0.1, 0.15) is 6.92 Å². The summed E-state index contributed by atoms with van der Waals surface area (Å²) in [6.45, 7) is 2.24. The maximum Gasteiger partial charge on any atom is 0.262 e. The average molecular weight is 405 g/mol. The number of nitrogens with zero attached hydrogens (tertiary/aromatic N) is 2. The molecule has 7 heteroatoms. The number of ether oxygens (including phenoxy) is 2. The summed E-state index contributed by atoms with van der Waals surface area (Å²) in [4.78, 5) is 21.8. The van der Waals surface area contributed by atoms with E-state index in [1.54, 1.807) is 6.07 Å². The topological polar surface area (TPSA) is 73.3 Å². The number of thiophene rings is 1. The van der Waals surface area contributed by atoms with E-state index in [0.717, 1.165) is 21.3 Å². The Morgan fingerprint density at radius 3 is 2.66 bits per heavy atom. The second-order valence-electron chi connectivity index (χ2n) is 6.14. The van der Waals surface area contributed by atoms with Crippen LogP contribution in [0.2, 0.25) is 0 Å². The number of carbonyl (C=O) groups is 1. The molecular weight excluding hydrogens is 386 g/mol. The van der Waals surface area contributed by atoms with Crippen molar-refractivity contribution in [1.82, 2.24) is 9.97 Å². The van der Waals surface area contributed by atoms with Gasteiger partial charge in [0, 0.05) is 10.9 Å². The molecule has 6 nitrogen and oxygen atoms in total. The van der Waals surface area contributed by atoms with E-state index in [0.29, 0.717) is 23.9 Å². The van der Waals surface area contributed by atoms with Crippen LogP contribution in [0, 0.1) is 0 Å². The molecule has 0 atom stereocenters. The van der Waals surface area contributed by atoms with Crippen LogP contribution in [0.25, 0.3) is 21.3 Å². The van der Waals surface area contributed by atoms with Gasteiger partial charge in [-0.15, -0.1) is 11.3 Å². The summed E-state index contributed by atoms with van der Waals surface area (Å²) in [5.41, 5.74) is 2.65. The fraction of sp³-hybridized carbons (Fsp3) is 0.136. The Hall–Kier alpha value is -3.45. The Balaban J connectivity index is 1.53. The largest absolute Gasteiger partial charge is 0.492 e. The van der Waals surface area contributed by atoms with Crippen LogP contribution in [0.5, 0.6) is 11.6 Å². The molecule has 29 heavy (non-hydrogen) atoms. The summed E-state index contributed by atoms with van der Waals surface area (Å²) in [6, 6.07) is 17.3. The van der Waals surface area contributed by atoms with Crippen LogP contribution in [-0.2, 0) is 4.79 Å². The number of amides is 1. The summed E-state index contributed by atoms with van der Waals surface area (Å²) < 4.78 is 11.3. The third kappa shape index (κ3) is 4.20. The Labute approximate surface area is 172 Å². The second-order valence-corrected chi connectivity index (χ2v) is 7.00. The van der Waals surface area contributed by atoms with Crippen molar-refractivity contribution in [2.24, 2.45) is 0 Å². The van der Waals surface area contributed by atoms with Gasteiger partial charge in [-0.05, 0) is 24.6 Å². The van der Waals surface area contributed by atoms with Crippen molar-refractivity contribution >= 4 is 33.1 Å². The van der Waals surface area contributed by atoms with E-state index >= 15 is 0 Å². The predicted molar refractivity (Wildman–Crippen MR) is 115 cm³/mol. The minimum absolute atomic E-state index is 0.170. The van der Waals surface area contributed by atoms with Crippen LogP contribution >= 0.6 is 11.3 Å². The zero-order valence-electron chi connectivity index (χ0n) is 15.8. The van der Waals surface area contributed by atoms with Gasteiger partial charge in [0.1, 0.15) is 16.9 Å². The molecular formula is C22H19N3O3S. The van der Waals surface area contributed by atoms with Crippen LogP contribution in [0.3, 0.4) is 0 Å². The summed E-state index contributed by atoms with van der Waals surface area (Å²) in [7, 11) is 0. The van der Waals surface area contributed by atoms with Crippen LogP contribution < -0.4 is 14.8 Å². The zero-order chi connectivity index (χ0) is 20.1. The van der Waals surface area contributed by atoms with E-state index < -0.39 is 0 Å². The fourth-order valence-corrected chi connectivity index (χ4v) is 3.87. The number of fused-ring (bicyclic) bond motifs is 1. The highest BCUT2D eigenvalue weighted by atomic mass is 32.1. The summed E-state index contributed by atoms with van der Waals surface area (Å²) in [6.07, 6.45) is 1.45. The molecule has 0 fully saturated rings. The van der Waals surface area contributed by atoms with E-state index in [9.17, 15) is 4.79 Å². The molecule has 4 aromatic rings. The van der Waals surface area contributed by atoms with Crippen molar-refractivity contribution in [2.45, 2.75) is 6.92 Å². The van der Waals surface area contributed by atoms with Gasteiger partial charge in [0.15, 0.2) is 6.61 Å². The molecule has 146 valence electrons. The molecule has 2 aromatic carbocycles. The van der Waals surface area contributed by atoms with Crippen molar-refractivity contribution in [1.29, 1.82) is 0 Å². The van der Waals surface area contributed by atoms with Gasteiger partial charge in [-0.3, -0.25) is 4.79 Å². The normalized spacial score (nSPS) is 10.7. The quantitative estimate of drug-likeness (QED) is 0.479. The lowest BCUT2D eigenvalue weighted by atomic mass is 10.1. The number of carbonyl (C=O) groups excluding carboxylic acids is 1. The standard InChI is InChI=1S/C22H19N3O3S/c1-2-27-18-11-7-6-10-17(18)25-19(26)12-28-21-20-16(15-8-4-3-5-9-15)13-29-22(20)24-14-23-21/h3-11,13-14H,2,12H2,1H3,(H,25,26). The van der Waals surface area contributed by atoms with E-state index in [2.05, 4.69) is 15.3 Å². The van der Waals surface area contributed by atoms with Gasteiger partial charge in [0.2, 0.25) is 5.88 Å². The number of anilines is 1. The number of hydrogen-bond acceptors (Lipinski definition) is 6. The highest BCUT2D eigenvalue weighted by molar-refractivity contribution is 7.17. The van der Waals surface area contributed by atoms with E-state index in [4.69, 9.17) is 9.47 Å². The molecule has 2 aromatic heterocycles.